The number of ketones is 1. The van der Waals surface area contributed by atoms with Crippen molar-refractivity contribution >= 4 is 38.1 Å². The van der Waals surface area contributed by atoms with Crippen LogP contribution in [0.25, 0.3) is 32.2 Å². The number of aliphatic hydroxyl groups excluding tert-OH is 1. The zero-order chi connectivity index (χ0) is 29.0. The van der Waals surface area contributed by atoms with Crippen LogP contribution in [0.1, 0.15) is 78.4 Å². The molecule has 0 bridgehead atoms. The number of halogens is 1. The van der Waals surface area contributed by atoms with Crippen LogP contribution >= 0.6 is 11.3 Å². The molecule has 0 saturated carbocycles. The van der Waals surface area contributed by atoms with Gasteiger partial charge in [0.15, 0.2) is 10.9 Å². The normalized spacial score (nSPS) is 12.2. The van der Waals surface area contributed by atoms with E-state index >= 15 is 0 Å². The summed E-state index contributed by atoms with van der Waals surface area (Å²) in [5.41, 5.74) is 4.25. The van der Waals surface area contributed by atoms with Crippen molar-refractivity contribution in [3.8, 4) is 11.3 Å². The summed E-state index contributed by atoms with van der Waals surface area (Å²) in [7, 11) is 0. The number of rotatable bonds is 8. The third-order valence-corrected chi connectivity index (χ3v) is 9.28. The van der Waals surface area contributed by atoms with Crippen molar-refractivity contribution in [1.82, 2.24) is 4.98 Å². The second-order valence-corrected chi connectivity index (χ2v) is 12.0. The number of fused-ring (bicyclic) bond motifs is 3. The van der Waals surface area contributed by atoms with Crippen LogP contribution in [0.5, 0.6) is 0 Å². The molecule has 4 rings (SSSR count). The molecule has 217 valence electrons. The van der Waals surface area contributed by atoms with Crippen LogP contribution in [0.2, 0.25) is 0 Å². The summed E-state index contributed by atoms with van der Waals surface area (Å²) >= 11 is 1.15. The third-order valence-electron chi connectivity index (χ3n) is 8.35. The molecule has 1 N–H and O–H groups in total. The SMILES string of the molecule is CCC(C)(CC)C(=O)/C=C(\O)C(C)(CC)CC.Cc1[c-]c(-c2nc3ccccc3c3cc(F)sc23)cc(C)c1.[Ir]. The Morgan fingerprint density at radius 3 is 2.15 bits per heavy atom. The molecule has 1 radical (unpaired) electrons. The molecule has 0 unspecified atom stereocenters. The summed E-state index contributed by atoms with van der Waals surface area (Å²) < 4.78 is 14.8. The Balaban J connectivity index is 0.000000285. The first-order valence-electron chi connectivity index (χ1n) is 13.9. The zero-order valence-corrected chi connectivity index (χ0v) is 28.1. The average Bonchev–Trinajstić information content (AvgIpc) is 3.32. The summed E-state index contributed by atoms with van der Waals surface area (Å²) in [6.07, 6.45) is 4.75. The van der Waals surface area contributed by atoms with Gasteiger partial charge in [0.2, 0.25) is 0 Å². The molecule has 0 aliphatic rings. The van der Waals surface area contributed by atoms with Crippen LogP contribution in [0.3, 0.4) is 0 Å². The topological polar surface area (TPSA) is 50.2 Å². The molecule has 2 heterocycles. The monoisotopic (exact) mass is 739 g/mol. The van der Waals surface area contributed by atoms with Gasteiger partial charge in [-0.3, -0.25) is 9.78 Å². The minimum absolute atomic E-state index is 0. The van der Waals surface area contributed by atoms with Gasteiger partial charge in [-0.1, -0.05) is 73.6 Å². The summed E-state index contributed by atoms with van der Waals surface area (Å²) in [6, 6.07) is 17.0. The van der Waals surface area contributed by atoms with Crippen LogP contribution in [0, 0.1) is 35.9 Å². The standard InChI is InChI=1S/C19H13FNS.C15H28O2.Ir/c1-11-7-12(2)9-13(8-11)18-19-15(10-17(20)22-19)14-5-3-4-6-16(14)21-18;1-7-14(5,8-2)12(16)11-13(17)15(6,9-3)10-4;/h3-8,10H,1-2H3;11,16H,7-10H2,1-6H3;/q-1;;/b;12-11-;. The number of nitrogens with zero attached hydrogens (tertiary/aromatic N) is 1. The molecule has 0 aliphatic carbocycles. The van der Waals surface area contributed by atoms with Gasteiger partial charge in [-0.15, -0.1) is 46.2 Å². The Hall–Kier alpha value is -2.40. The number of aryl methyl sites for hydroxylation is 2. The molecular weight excluding hydrogens is 698 g/mol. The molecule has 6 heteroatoms. The maximum Gasteiger partial charge on any atom is 0.176 e. The van der Waals surface area contributed by atoms with Gasteiger partial charge in [-0.2, -0.15) is 4.39 Å². The first-order valence-corrected chi connectivity index (χ1v) is 14.7. The van der Waals surface area contributed by atoms with Gasteiger partial charge >= 0.3 is 0 Å². The average molecular weight is 739 g/mol. The molecule has 2 aromatic carbocycles. The van der Waals surface area contributed by atoms with Crippen molar-refractivity contribution in [2.45, 2.75) is 81.1 Å². The van der Waals surface area contributed by atoms with E-state index < -0.39 is 0 Å². The molecular formula is C34H41FIrNO2S-. The van der Waals surface area contributed by atoms with Crippen molar-refractivity contribution in [1.29, 1.82) is 0 Å². The minimum Gasteiger partial charge on any atom is -0.512 e. The van der Waals surface area contributed by atoms with E-state index in [1.54, 1.807) is 6.07 Å². The maximum atomic E-state index is 13.9. The van der Waals surface area contributed by atoms with Gasteiger partial charge in [-0.05, 0) is 43.2 Å². The van der Waals surface area contributed by atoms with Crippen molar-refractivity contribution in [2.24, 2.45) is 10.8 Å². The fraction of sp³-hybridized carbons (Fsp3) is 0.412. The number of carbonyl (C=O) groups excluding carboxylic acids is 1. The van der Waals surface area contributed by atoms with E-state index in [0.717, 1.165) is 80.4 Å². The van der Waals surface area contributed by atoms with Crippen molar-refractivity contribution < 1.29 is 34.4 Å². The minimum atomic E-state index is -0.337. The number of benzene rings is 2. The molecule has 0 aliphatic heterocycles. The van der Waals surface area contributed by atoms with E-state index in [-0.39, 0.29) is 47.6 Å². The maximum absolute atomic E-state index is 13.9. The molecule has 0 atom stereocenters. The van der Waals surface area contributed by atoms with Gasteiger partial charge in [0.05, 0.1) is 5.52 Å². The van der Waals surface area contributed by atoms with Gasteiger partial charge in [0, 0.05) is 52.8 Å². The molecule has 0 saturated heterocycles. The molecule has 0 fully saturated rings. The molecule has 40 heavy (non-hydrogen) atoms. The Morgan fingerprint density at radius 2 is 1.57 bits per heavy atom. The Bertz CT molecular complexity index is 1480. The molecule has 0 amide bonds. The number of hydrogen-bond acceptors (Lipinski definition) is 4. The fourth-order valence-electron chi connectivity index (χ4n) is 4.60. The number of carbonyl (C=O) groups is 1. The number of allylic oxidation sites excluding steroid dienone is 2. The molecule has 2 aromatic heterocycles. The van der Waals surface area contributed by atoms with Gasteiger partial charge in [0.25, 0.3) is 0 Å². The fourth-order valence-corrected chi connectivity index (χ4v) is 5.50. The van der Waals surface area contributed by atoms with Gasteiger partial charge < -0.3 is 5.11 Å². The van der Waals surface area contributed by atoms with Gasteiger partial charge in [-0.25, -0.2) is 0 Å². The van der Waals surface area contributed by atoms with E-state index in [1.165, 1.54) is 6.08 Å². The summed E-state index contributed by atoms with van der Waals surface area (Å²) in [5, 5.41) is 11.9. The predicted octanol–water partition coefficient (Wildman–Crippen LogP) is 10.3. The van der Waals surface area contributed by atoms with Crippen molar-refractivity contribution in [2.75, 3.05) is 0 Å². The van der Waals surface area contributed by atoms with Crippen LogP contribution in [0.4, 0.5) is 4.39 Å². The first-order chi connectivity index (χ1) is 18.4. The Labute approximate surface area is 256 Å². The molecule has 3 nitrogen and oxygen atoms in total. The Morgan fingerprint density at radius 1 is 0.975 bits per heavy atom. The summed E-state index contributed by atoms with van der Waals surface area (Å²) in [6.45, 7) is 16.2. The quantitative estimate of drug-likeness (QED) is 0.111. The number of para-hydroxylation sites is 1. The third kappa shape index (κ3) is 7.26. The van der Waals surface area contributed by atoms with E-state index in [0.29, 0.717) is 0 Å². The second-order valence-electron chi connectivity index (χ2n) is 11.0. The van der Waals surface area contributed by atoms with E-state index in [1.807, 2.05) is 72.7 Å². The van der Waals surface area contributed by atoms with Gasteiger partial charge in [0.1, 0.15) is 5.76 Å². The van der Waals surface area contributed by atoms with Crippen LogP contribution < -0.4 is 0 Å². The number of thiophene rings is 1. The first kappa shape index (κ1) is 33.8. The van der Waals surface area contributed by atoms with E-state index in [9.17, 15) is 14.3 Å². The van der Waals surface area contributed by atoms with Crippen LogP contribution in [-0.4, -0.2) is 15.9 Å². The number of hydrogen-bond donors (Lipinski definition) is 1. The van der Waals surface area contributed by atoms with Crippen molar-refractivity contribution in [3.63, 3.8) is 0 Å². The van der Waals surface area contributed by atoms with E-state index in [2.05, 4.69) is 25.1 Å². The van der Waals surface area contributed by atoms with Crippen LogP contribution in [-0.2, 0) is 24.9 Å². The Kier molecular flexibility index (Phi) is 11.8. The second kappa shape index (κ2) is 14.0. The summed E-state index contributed by atoms with van der Waals surface area (Å²) in [4.78, 5) is 17.0. The largest absolute Gasteiger partial charge is 0.512 e. The summed E-state index contributed by atoms with van der Waals surface area (Å²) in [5.74, 6) is 0.286. The predicted molar refractivity (Wildman–Crippen MR) is 164 cm³/mol. The number of aliphatic hydroxyl groups is 1. The number of pyridine rings is 1. The smallest absolute Gasteiger partial charge is 0.176 e. The molecule has 0 spiro atoms. The van der Waals surface area contributed by atoms with Crippen LogP contribution in [0.15, 0.2) is 54.3 Å². The zero-order valence-electron chi connectivity index (χ0n) is 24.9. The van der Waals surface area contributed by atoms with E-state index in [4.69, 9.17) is 4.98 Å². The molecule has 4 aromatic rings. The number of aromatic nitrogens is 1. The van der Waals surface area contributed by atoms with Crippen molar-refractivity contribution in [3.05, 3.63) is 76.6 Å².